The summed E-state index contributed by atoms with van der Waals surface area (Å²) in [7, 11) is -3.88. The van der Waals surface area contributed by atoms with Gasteiger partial charge in [0.05, 0.1) is 5.25 Å². The van der Waals surface area contributed by atoms with Crippen LogP contribution in [0.5, 0.6) is 0 Å². The molecule has 0 saturated carbocycles. The van der Waals surface area contributed by atoms with E-state index in [0.717, 1.165) is 5.56 Å². The number of allylic oxidation sites excluding steroid dienone is 1. The van der Waals surface area contributed by atoms with Crippen molar-refractivity contribution in [3.63, 3.8) is 0 Å². The average Bonchev–Trinajstić information content (AvgIpc) is 2.47. The summed E-state index contributed by atoms with van der Waals surface area (Å²) in [6.07, 6.45) is 6.10. The minimum Gasteiger partial charge on any atom is -0.239 e. The molecule has 8 heteroatoms. The Morgan fingerprint density at radius 2 is 2.00 bits per heavy atom. The van der Waals surface area contributed by atoms with Crippen LogP contribution in [-0.4, -0.2) is 35.5 Å². The predicted molar refractivity (Wildman–Crippen MR) is 90.2 cm³/mol. The maximum absolute atomic E-state index is 12.6. The fraction of sp³-hybridized carbons (Fsp3) is 0.429. The Labute approximate surface area is 136 Å². The van der Waals surface area contributed by atoms with Crippen molar-refractivity contribution in [3.05, 3.63) is 36.1 Å². The molecule has 6 nitrogen and oxygen atoms in total. The van der Waals surface area contributed by atoms with E-state index in [0.29, 0.717) is 0 Å². The number of nitrogens with zero attached hydrogens (tertiary/aromatic N) is 4. The lowest BCUT2D eigenvalue weighted by Crippen LogP contribution is -2.40. The third kappa shape index (κ3) is 3.78. The summed E-state index contributed by atoms with van der Waals surface area (Å²) in [5.41, 5.74) is 0.856. The summed E-state index contributed by atoms with van der Waals surface area (Å²) in [5.74, 6) is 0.227. The zero-order valence-electron chi connectivity index (χ0n) is 13.0. The zero-order chi connectivity index (χ0) is 17.0. The Morgan fingerprint density at radius 3 is 2.45 bits per heavy atom. The quantitative estimate of drug-likeness (QED) is 0.478. The number of hydrogen-bond donors (Lipinski definition) is 0. The van der Waals surface area contributed by atoms with Crippen LogP contribution in [0.2, 0.25) is 0 Å². The Morgan fingerprint density at radius 1 is 1.45 bits per heavy atom. The van der Waals surface area contributed by atoms with E-state index in [-0.39, 0.29) is 11.0 Å². The molecule has 1 rings (SSSR count). The predicted octanol–water partition coefficient (Wildman–Crippen LogP) is 2.63. The van der Waals surface area contributed by atoms with Crippen molar-refractivity contribution in [2.75, 3.05) is 0 Å². The molecular weight excluding hydrogens is 324 g/mol. The summed E-state index contributed by atoms with van der Waals surface area (Å²) >= 11 is 6.44. The van der Waals surface area contributed by atoms with Gasteiger partial charge in [-0.3, -0.25) is 0 Å². The maximum Gasteiger partial charge on any atom is 0.246 e. The maximum atomic E-state index is 12.6. The minimum absolute atomic E-state index is 0.227. The highest BCUT2D eigenvalue weighted by molar-refractivity contribution is 8.07. The Hall–Kier alpha value is -1.60. The SMILES string of the molecule is C=NC(=N/C=C\C)S(=O)(=O)C(C)C(C)(Cl)c1ncc(C)cn1. The van der Waals surface area contributed by atoms with Crippen LogP contribution in [0.3, 0.4) is 0 Å². The normalized spacial score (nSPS) is 17.2. The molecule has 0 saturated heterocycles. The third-order valence-corrected chi connectivity index (χ3v) is 5.94. The number of aryl methyl sites for hydroxylation is 1. The van der Waals surface area contributed by atoms with Crippen molar-refractivity contribution in [3.8, 4) is 0 Å². The van der Waals surface area contributed by atoms with Crippen molar-refractivity contribution >= 4 is 33.3 Å². The molecule has 0 N–H and O–H groups in total. The molecule has 120 valence electrons. The molecule has 0 fully saturated rings. The van der Waals surface area contributed by atoms with E-state index in [1.165, 1.54) is 13.1 Å². The smallest absolute Gasteiger partial charge is 0.239 e. The number of rotatable bonds is 4. The molecule has 2 unspecified atom stereocenters. The first-order valence-corrected chi connectivity index (χ1v) is 8.48. The number of aliphatic imine (C=N–C) groups is 2. The molecule has 0 spiro atoms. The second-order valence-electron chi connectivity index (χ2n) is 4.90. The van der Waals surface area contributed by atoms with Crippen LogP contribution in [0.15, 0.2) is 34.7 Å². The lowest BCUT2D eigenvalue weighted by Gasteiger charge is -2.27. The van der Waals surface area contributed by atoms with Crippen LogP contribution in [0.4, 0.5) is 0 Å². The van der Waals surface area contributed by atoms with Gasteiger partial charge in [-0.1, -0.05) is 6.08 Å². The van der Waals surface area contributed by atoms with Crippen molar-refractivity contribution in [1.29, 1.82) is 0 Å². The van der Waals surface area contributed by atoms with Gasteiger partial charge in [0.25, 0.3) is 0 Å². The third-order valence-electron chi connectivity index (χ3n) is 3.17. The van der Waals surface area contributed by atoms with Crippen LogP contribution in [-0.2, 0) is 14.7 Å². The van der Waals surface area contributed by atoms with E-state index in [4.69, 9.17) is 11.6 Å². The van der Waals surface area contributed by atoms with E-state index in [9.17, 15) is 8.42 Å². The van der Waals surface area contributed by atoms with Gasteiger partial charge in [-0.2, -0.15) is 0 Å². The monoisotopic (exact) mass is 342 g/mol. The van der Waals surface area contributed by atoms with Crippen molar-refractivity contribution in [2.45, 2.75) is 37.8 Å². The van der Waals surface area contributed by atoms with E-state index in [2.05, 4.69) is 26.7 Å². The number of alkyl halides is 1. The summed E-state index contributed by atoms with van der Waals surface area (Å²) in [5, 5.41) is -1.42. The van der Waals surface area contributed by atoms with Crippen LogP contribution < -0.4 is 0 Å². The van der Waals surface area contributed by atoms with Crippen molar-refractivity contribution < 1.29 is 8.42 Å². The van der Waals surface area contributed by atoms with E-state index in [1.807, 2.05) is 6.92 Å². The molecule has 2 atom stereocenters. The molecule has 1 heterocycles. The molecule has 0 radical (unpaired) electrons. The van der Waals surface area contributed by atoms with E-state index < -0.39 is 20.0 Å². The van der Waals surface area contributed by atoms with E-state index in [1.54, 1.807) is 32.3 Å². The van der Waals surface area contributed by atoms with E-state index >= 15 is 0 Å². The van der Waals surface area contributed by atoms with Crippen molar-refractivity contribution in [1.82, 2.24) is 9.97 Å². The van der Waals surface area contributed by atoms with Gasteiger partial charge >= 0.3 is 0 Å². The fourth-order valence-corrected chi connectivity index (χ4v) is 3.46. The molecule has 0 aliphatic carbocycles. The molecule has 0 aromatic carbocycles. The van der Waals surface area contributed by atoms with Gasteiger partial charge in [0.15, 0.2) is 0 Å². The molecule has 0 amide bonds. The molecule has 22 heavy (non-hydrogen) atoms. The highest BCUT2D eigenvalue weighted by Gasteiger charge is 2.44. The van der Waals surface area contributed by atoms with Gasteiger partial charge in [0.1, 0.15) is 10.7 Å². The zero-order valence-corrected chi connectivity index (χ0v) is 14.6. The molecule has 0 aliphatic rings. The summed E-state index contributed by atoms with van der Waals surface area (Å²) < 4.78 is 25.2. The number of halogens is 1. The van der Waals surface area contributed by atoms with Gasteiger partial charge in [-0.05, 0) is 40.0 Å². The Bertz CT molecular complexity index is 694. The van der Waals surface area contributed by atoms with Crippen molar-refractivity contribution in [2.24, 2.45) is 9.98 Å². The van der Waals surface area contributed by atoms with Gasteiger partial charge in [-0.25, -0.2) is 28.4 Å². The van der Waals surface area contributed by atoms with Crippen LogP contribution in [0.1, 0.15) is 32.2 Å². The molecule has 0 aliphatic heterocycles. The van der Waals surface area contributed by atoms with Crippen LogP contribution >= 0.6 is 11.6 Å². The molecule has 1 aromatic heterocycles. The first-order chi connectivity index (χ1) is 10.2. The minimum atomic E-state index is -3.88. The van der Waals surface area contributed by atoms with Gasteiger partial charge in [-0.15, -0.1) is 11.6 Å². The Kier molecular flexibility index (Phi) is 5.96. The van der Waals surface area contributed by atoms with Crippen LogP contribution in [0, 0.1) is 6.92 Å². The molecule has 1 aromatic rings. The topological polar surface area (TPSA) is 84.6 Å². The highest BCUT2D eigenvalue weighted by Crippen LogP contribution is 2.34. The number of amidine groups is 1. The highest BCUT2D eigenvalue weighted by atomic mass is 35.5. The molecule has 0 bridgehead atoms. The summed E-state index contributed by atoms with van der Waals surface area (Å²) in [6.45, 7) is 9.84. The lowest BCUT2D eigenvalue weighted by atomic mass is 10.1. The largest absolute Gasteiger partial charge is 0.246 e. The number of aromatic nitrogens is 2. The second-order valence-corrected chi connectivity index (χ2v) is 7.85. The fourth-order valence-electron chi connectivity index (χ4n) is 1.62. The van der Waals surface area contributed by atoms with Crippen LogP contribution in [0.25, 0.3) is 0 Å². The molecular formula is C14H19ClN4O2S. The lowest BCUT2D eigenvalue weighted by molar-refractivity contribution is 0.549. The first-order valence-electron chi connectivity index (χ1n) is 6.55. The standard InChI is InChI=1S/C14H19ClN4O2S/c1-6-7-17-13(16-5)22(20,21)11(3)14(4,15)12-18-8-10(2)9-19-12/h6-9,11H,5H2,1-4H3/b7-6-,17-13?. The van der Waals surface area contributed by atoms with Gasteiger partial charge in [0.2, 0.25) is 15.0 Å². The number of hydrogen-bond acceptors (Lipinski definition) is 5. The number of sulfone groups is 1. The van der Waals surface area contributed by atoms with Gasteiger partial charge in [0, 0.05) is 18.6 Å². The van der Waals surface area contributed by atoms with Gasteiger partial charge < -0.3 is 0 Å². The Balaban J connectivity index is 3.29. The summed E-state index contributed by atoms with van der Waals surface area (Å²) in [4.78, 5) is 14.2. The average molecular weight is 343 g/mol. The first kappa shape index (κ1) is 18.4. The second kappa shape index (κ2) is 7.11. The summed E-state index contributed by atoms with van der Waals surface area (Å²) in [6, 6.07) is 0.